The van der Waals surface area contributed by atoms with Gasteiger partial charge < -0.3 is 19.1 Å². The van der Waals surface area contributed by atoms with Crippen LogP contribution in [-0.4, -0.2) is 59.5 Å². The number of hydrogen-bond acceptors (Lipinski definition) is 7. The lowest BCUT2D eigenvalue weighted by Crippen LogP contribution is -2.37. The van der Waals surface area contributed by atoms with E-state index in [4.69, 9.17) is 29.3 Å². The molecule has 236 valence electrons. The average molecular weight is 620 g/mol. The van der Waals surface area contributed by atoms with Crippen LogP contribution in [0.1, 0.15) is 52.9 Å². The lowest BCUT2D eigenvalue weighted by atomic mass is 10.0. The van der Waals surface area contributed by atoms with Gasteiger partial charge in [-0.25, -0.2) is 18.9 Å². The summed E-state index contributed by atoms with van der Waals surface area (Å²) in [5.74, 6) is 0.508. The van der Waals surface area contributed by atoms with E-state index in [1.165, 1.54) is 6.07 Å². The van der Waals surface area contributed by atoms with Gasteiger partial charge in [0.05, 0.1) is 36.9 Å². The zero-order valence-corrected chi connectivity index (χ0v) is 26.1. The molecule has 8 nitrogen and oxygen atoms in total. The van der Waals surface area contributed by atoms with E-state index in [1.54, 1.807) is 6.07 Å². The van der Waals surface area contributed by atoms with Crippen LogP contribution in [0.2, 0.25) is 0 Å². The number of rotatable bonds is 9. The number of imidazole rings is 1. The molecule has 2 saturated heterocycles. The van der Waals surface area contributed by atoms with Crippen molar-refractivity contribution in [3.05, 3.63) is 124 Å². The van der Waals surface area contributed by atoms with Crippen LogP contribution in [0.3, 0.4) is 0 Å². The van der Waals surface area contributed by atoms with E-state index < -0.39 is 0 Å². The molecule has 0 N–H and O–H groups in total. The first-order valence-electron chi connectivity index (χ1n) is 16.0. The van der Waals surface area contributed by atoms with E-state index in [0.29, 0.717) is 43.1 Å². The molecule has 5 aromatic rings. The predicted octanol–water partition coefficient (Wildman–Crippen LogP) is 6.82. The smallest absolute Gasteiger partial charge is 0.180 e. The van der Waals surface area contributed by atoms with Gasteiger partial charge in [0.1, 0.15) is 11.5 Å². The van der Waals surface area contributed by atoms with Crippen LogP contribution in [0, 0.1) is 12.7 Å². The number of anilines is 1. The molecule has 1 atom stereocenters. The zero-order valence-electron chi connectivity index (χ0n) is 26.1. The van der Waals surface area contributed by atoms with Crippen molar-refractivity contribution in [3.8, 4) is 0 Å². The second-order valence-corrected chi connectivity index (χ2v) is 11.7. The molecular formula is C37H38FN5O3. The molecule has 9 heteroatoms. The maximum Gasteiger partial charge on any atom is 0.180 e. The second-order valence-electron chi connectivity index (χ2n) is 11.7. The Morgan fingerprint density at radius 2 is 1.67 bits per heavy atom. The first-order valence-corrected chi connectivity index (χ1v) is 16.0. The van der Waals surface area contributed by atoms with Crippen LogP contribution in [0.5, 0.6) is 0 Å². The molecule has 0 radical (unpaired) electrons. The van der Waals surface area contributed by atoms with Crippen molar-refractivity contribution in [2.45, 2.75) is 45.5 Å². The third-order valence-corrected chi connectivity index (χ3v) is 8.63. The van der Waals surface area contributed by atoms with Gasteiger partial charge >= 0.3 is 0 Å². The number of hydrogen-bond donors (Lipinski definition) is 0. The molecular weight excluding hydrogens is 581 g/mol. The highest BCUT2D eigenvalue weighted by Crippen LogP contribution is 2.31. The largest absolute Gasteiger partial charge is 0.378 e. The molecule has 0 aliphatic carbocycles. The average Bonchev–Trinajstić information content (AvgIpc) is 3.43. The van der Waals surface area contributed by atoms with Crippen molar-refractivity contribution in [1.29, 1.82) is 0 Å². The van der Waals surface area contributed by atoms with E-state index in [9.17, 15) is 0 Å². The van der Waals surface area contributed by atoms with E-state index in [0.717, 1.165) is 72.0 Å². The number of aryl methyl sites for hydroxylation is 1. The first kappa shape index (κ1) is 30.2. The number of aliphatic imine (C=N–C) groups is 1. The summed E-state index contributed by atoms with van der Waals surface area (Å²) in [6.07, 6.45) is 3.03. The second kappa shape index (κ2) is 13.9. The van der Waals surface area contributed by atoms with E-state index in [1.807, 2.05) is 60.0 Å². The van der Waals surface area contributed by atoms with Gasteiger partial charge in [-0.2, -0.15) is 0 Å². The Morgan fingerprint density at radius 3 is 2.37 bits per heavy atom. The first-order chi connectivity index (χ1) is 22.6. The number of fused-ring (bicyclic) bond motifs is 1. The van der Waals surface area contributed by atoms with Crippen molar-refractivity contribution in [2.24, 2.45) is 4.99 Å². The van der Waals surface area contributed by atoms with Crippen molar-refractivity contribution >= 4 is 22.9 Å². The molecule has 0 spiro atoms. The molecule has 1 unspecified atom stereocenters. The fraction of sp³-hybridized carbons (Fsp3) is 0.324. The van der Waals surface area contributed by atoms with Crippen molar-refractivity contribution in [1.82, 2.24) is 14.6 Å². The molecule has 3 aromatic carbocycles. The summed E-state index contributed by atoms with van der Waals surface area (Å²) in [6, 6.07) is 27.6. The zero-order chi connectivity index (χ0) is 31.3. The highest BCUT2D eigenvalue weighted by atomic mass is 19.1. The van der Waals surface area contributed by atoms with Crippen LogP contribution in [-0.2, 0) is 27.2 Å². The normalized spacial score (nSPS) is 16.9. The maximum atomic E-state index is 15.3. The predicted molar refractivity (Wildman–Crippen MR) is 177 cm³/mol. The summed E-state index contributed by atoms with van der Waals surface area (Å²) in [7, 11) is 0. The third-order valence-electron chi connectivity index (χ3n) is 8.63. The maximum absolute atomic E-state index is 15.3. The van der Waals surface area contributed by atoms with Gasteiger partial charge in [-0.05, 0) is 37.8 Å². The molecule has 4 heterocycles. The van der Waals surface area contributed by atoms with Crippen LogP contribution >= 0.6 is 0 Å². The summed E-state index contributed by atoms with van der Waals surface area (Å²) in [4.78, 5) is 12.5. The molecule has 7 rings (SSSR count). The SMILES string of the molecule is Cc1nc2c(N=C(c3ccccc3)c3ccccc3)cc(N3CCOCC3)nn2c1Cc1cccc(F)c1COC1CCCCO1. The molecule has 46 heavy (non-hydrogen) atoms. The van der Waals surface area contributed by atoms with Crippen molar-refractivity contribution in [3.63, 3.8) is 0 Å². The molecule has 2 aliphatic heterocycles. The highest BCUT2D eigenvalue weighted by molar-refractivity contribution is 6.14. The van der Waals surface area contributed by atoms with E-state index in [-0.39, 0.29) is 18.7 Å². The van der Waals surface area contributed by atoms with Crippen LogP contribution in [0.25, 0.3) is 5.65 Å². The number of benzene rings is 3. The fourth-order valence-corrected chi connectivity index (χ4v) is 6.11. The standard InChI is InChI=1S/C37H38FN5O3/c1-26-33(23-29-15-10-16-31(38)30(29)25-46-35-17-8-9-20-45-35)43-37(39-26)32(24-34(41-43)42-18-21-44-22-19-42)40-36(27-11-4-2-5-12-27)28-13-6-3-7-14-28/h2-7,10-16,24,35H,8-9,17-23,25H2,1H3. The fourth-order valence-electron chi connectivity index (χ4n) is 6.11. The lowest BCUT2D eigenvalue weighted by molar-refractivity contribution is -0.169. The van der Waals surface area contributed by atoms with Crippen molar-refractivity contribution in [2.75, 3.05) is 37.8 Å². The Labute approximate surface area is 268 Å². The molecule has 2 aliphatic rings. The number of halogens is 1. The Balaban J connectivity index is 1.33. The number of aromatic nitrogens is 3. The van der Waals surface area contributed by atoms with Gasteiger partial charge in [-0.1, -0.05) is 72.8 Å². The Morgan fingerprint density at radius 1 is 0.935 bits per heavy atom. The molecule has 0 bridgehead atoms. The minimum atomic E-state index is -0.305. The summed E-state index contributed by atoms with van der Waals surface area (Å²) >= 11 is 0. The van der Waals surface area contributed by atoms with E-state index in [2.05, 4.69) is 29.2 Å². The minimum Gasteiger partial charge on any atom is -0.378 e. The summed E-state index contributed by atoms with van der Waals surface area (Å²) in [5, 5.41) is 5.11. The number of nitrogens with zero attached hydrogens (tertiary/aromatic N) is 5. The lowest BCUT2D eigenvalue weighted by Gasteiger charge is -2.28. The van der Waals surface area contributed by atoms with Gasteiger partial charge in [-0.15, -0.1) is 5.10 Å². The Kier molecular flexibility index (Phi) is 9.14. The monoisotopic (exact) mass is 619 g/mol. The van der Waals surface area contributed by atoms with Crippen LogP contribution < -0.4 is 4.90 Å². The topological polar surface area (TPSA) is 73.5 Å². The van der Waals surface area contributed by atoms with Gasteiger partial charge in [0.25, 0.3) is 0 Å². The van der Waals surface area contributed by atoms with Gasteiger partial charge in [0.2, 0.25) is 0 Å². The number of morpholine rings is 1. The van der Waals surface area contributed by atoms with Crippen molar-refractivity contribution < 1.29 is 18.6 Å². The molecule has 0 saturated carbocycles. The minimum absolute atomic E-state index is 0.141. The number of ether oxygens (including phenoxy) is 3. The molecule has 2 aromatic heterocycles. The van der Waals surface area contributed by atoms with E-state index >= 15 is 4.39 Å². The van der Waals surface area contributed by atoms with Crippen LogP contribution in [0.15, 0.2) is 89.9 Å². The summed E-state index contributed by atoms with van der Waals surface area (Å²) in [5.41, 5.74) is 7.28. The Bertz CT molecular complexity index is 1770. The summed E-state index contributed by atoms with van der Waals surface area (Å²) in [6.45, 7) is 5.51. The van der Waals surface area contributed by atoms with Gasteiger partial charge in [0.15, 0.2) is 17.8 Å². The molecule has 0 amide bonds. The third kappa shape index (κ3) is 6.58. The highest BCUT2D eigenvalue weighted by Gasteiger charge is 2.22. The van der Waals surface area contributed by atoms with Gasteiger partial charge in [0, 0.05) is 48.9 Å². The van der Waals surface area contributed by atoms with Crippen LogP contribution in [0.4, 0.5) is 15.9 Å². The summed E-state index contributed by atoms with van der Waals surface area (Å²) < 4.78 is 34.6. The molecule has 2 fully saturated rings. The quantitative estimate of drug-likeness (QED) is 0.169. The van der Waals surface area contributed by atoms with Gasteiger partial charge in [-0.3, -0.25) is 0 Å². The Hall–Kier alpha value is -4.44.